The summed E-state index contributed by atoms with van der Waals surface area (Å²) < 4.78 is 18.6. The molecule has 0 bridgehead atoms. The van der Waals surface area contributed by atoms with Gasteiger partial charge in [-0.25, -0.2) is 0 Å². The first-order chi connectivity index (χ1) is 8.04. The van der Waals surface area contributed by atoms with Crippen molar-refractivity contribution in [2.45, 2.75) is 32.9 Å². The molecule has 0 aliphatic rings. The predicted molar refractivity (Wildman–Crippen MR) is 67.8 cm³/mol. The summed E-state index contributed by atoms with van der Waals surface area (Å²) >= 11 is 0. The molecule has 0 spiro atoms. The average molecular weight is 258 g/mol. The maximum atomic E-state index is 5.54. The zero-order valence-corrected chi connectivity index (χ0v) is 12.5. The number of aromatic nitrogens is 2. The van der Waals surface area contributed by atoms with Crippen LogP contribution in [0.15, 0.2) is 6.07 Å². The molecule has 0 saturated carbocycles. The second kappa shape index (κ2) is 5.77. The van der Waals surface area contributed by atoms with Gasteiger partial charge in [-0.3, -0.25) is 4.68 Å². The van der Waals surface area contributed by atoms with Gasteiger partial charge in [0, 0.05) is 27.0 Å². The predicted octanol–water partition coefficient (Wildman–Crippen LogP) is 1.87. The van der Waals surface area contributed by atoms with Crippen molar-refractivity contribution in [3.8, 4) is 0 Å². The smallest absolute Gasteiger partial charge is 0.376 e. The molecule has 0 amide bonds. The lowest BCUT2D eigenvalue weighted by atomic mass is 10.4. The Morgan fingerprint density at radius 2 is 1.76 bits per heavy atom. The van der Waals surface area contributed by atoms with Crippen LogP contribution in [0, 0.1) is 13.8 Å². The average Bonchev–Trinajstić information content (AvgIpc) is 2.65. The molecule has 0 aliphatic carbocycles. The molecule has 0 fully saturated rings. The highest BCUT2D eigenvalue weighted by molar-refractivity contribution is 6.61. The zero-order valence-electron chi connectivity index (χ0n) is 11.5. The van der Waals surface area contributed by atoms with Gasteiger partial charge in [-0.05, 0) is 26.3 Å². The van der Waals surface area contributed by atoms with E-state index in [0.29, 0.717) is 0 Å². The van der Waals surface area contributed by atoms with Crippen molar-refractivity contribution in [3.05, 3.63) is 17.5 Å². The SMILES string of the molecule is CCC(n1nc(C)cc1C)[Si](OC)(OC)OC. The highest BCUT2D eigenvalue weighted by Gasteiger charge is 2.48. The summed E-state index contributed by atoms with van der Waals surface area (Å²) in [6.45, 7) is 6.09. The van der Waals surface area contributed by atoms with Crippen LogP contribution in [0.2, 0.25) is 0 Å². The van der Waals surface area contributed by atoms with E-state index in [1.54, 1.807) is 21.3 Å². The van der Waals surface area contributed by atoms with Gasteiger partial charge in [0.25, 0.3) is 0 Å². The van der Waals surface area contributed by atoms with E-state index in [9.17, 15) is 0 Å². The molecule has 5 nitrogen and oxygen atoms in total. The van der Waals surface area contributed by atoms with Crippen LogP contribution in [-0.2, 0) is 13.3 Å². The van der Waals surface area contributed by atoms with Gasteiger partial charge in [0.05, 0.1) is 5.69 Å². The molecule has 1 atom stereocenters. The van der Waals surface area contributed by atoms with Crippen molar-refractivity contribution in [2.75, 3.05) is 21.3 Å². The third-order valence-electron chi connectivity index (χ3n) is 2.99. The normalized spacial score (nSPS) is 14.0. The standard InChI is InChI=1S/C11H22N2O3Si/c1-7-11(17(14-4,15-5)16-6)13-10(3)8-9(2)12-13/h8,11H,7H2,1-6H3. The molecular formula is C11H22N2O3Si. The quantitative estimate of drug-likeness (QED) is 0.731. The van der Waals surface area contributed by atoms with Gasteiger partial charge in [-0.15, -0.1) is 0 Å². The maximum absolute atomic E-state index is 5.54. The first-order valence-electron chi connectivity index (χ1n) is 5.72. The Hall–Kier alpha value is -0.693. The van der Waals surface area contributed by atoms with Crippen molar-refractivity contribution in [1.29, 1.82) is 0 Å². The summed E-state index contributed by atoms with van der Waals surface area (Å²) in [7, 11) is 2.19. The van der Waals surface area contributed by atoms with Crippen LogP contribution in [0.25, 0.3) is 0 Å². The first-order valence-corrected chi connectivity index (χ1v) is 7.53. The minimum Gasteiger partial charge on any atom is -0.376 e. The Morgan fingerprint density at radius 3 is 2.06 bits per heavy atom. The Bertz CT molecular complexity index is 355. The number of hydrogen-bond donors (Lipinski definition) is 0. The van der Waals surface area contributed by atoms with Crippen LogP contribution in [0.1, 0.15) is 30.4 Å². The fourth-order valence-electron chi connectivity index (χ4n) is 2.19. The molecule has 1 heterocycles. The lowest BCUT2D eigenvalue weighted by Crippen LogP contribution is -2.51. The fourth-order valence-corrected chi connectivity index (χ4v) is 4.57. The molecule has 0 aromatic carbocycles. The van der Waals surface area contributed by atoms with Crippen molar-refractivity contribution >= 4 is 8.80 Å². The minimum absolute atomic E-state index is 0.0104. The summed E-state index contributed by atoms with van der Waals surface area (Å²) in [6.07, 6.45) is 0.851. The molecule has 0 aliphatic heterocycles. The molecule has 0 saturated heterocycles. The Morgan fingerprint density at radius 1 is 1.24 bits per heavy atom. The summed E-state index contributed by atoms with van der Waals surface area (Å²) in [5, 5.41) is 4.50. The molecule has 0 radical (unpaired) electrons. The first kappa shape index (κ1) is 14.4. The summed E-state index contributed by atoms with van der Waals surface area (Å²) in [6, 6.07) is 2.04. The van der Waals surface area contributed by atoms with E-state index in [4.69, 9.17) is 13.3 Å². The van der Waals surface area contributed by atoms with Crippen LogP contribution >= 0.6 is 0 Å². The molecule has 1 aromatic heterocycles. The van der Waals surface area contributed by atoms with E-state index in [0.717, 1.165) is 17.8 Å². The van der Waals surface area contributed by atoms with Crippen molar-refractivity contribution in [2.24, 2.45) is 0 Å². The number of aryl methyl sites for hydroxylation is 2. The molecule has 0 N–H and O–H groups in total. The molecular weight excluding hydrogens is 236 g/mol. The third-order valence-corrected chi connectivity index (χ3v) is 6.16. The van der Waals surface area contributed by atoms with Gasteiger partial charge in [-0.1, -0.05) is 6.92 Å². The van der Waals surface area contributed by atoms with Gasteiger partial charge in [0.2, 0.25) is 0 Å². The van der Waals surface area contributed by atoms with Gasteiger partial charge < -0.3 is 13.3 Å². The van der Waals surface area contributed by atoms with Crippen LogP contribution in [0.5, 0.6) is 0 Å². The Labute approximate surface area is 104 Å². The lowest BCUT2D eigenvalue weighted by Gasteiger charge is -2.32. The molecule has 98 valence electrons. The third kappa shape index (κ3) is 2.60. The van der Waals surface area contributed by atoms with Gasteiger partial charge >= 0.3 is 8.80 Å². The van der Waals surface area contributed by atoms with E-state index < -0.39 is 8.80 Å². The minimum atomic E-state index is -2.71. The second-order valence-corrected chi connectivity index (χ2v) is 7.11. The zero-order chi connectivity index (χ0) is 13.1. The van der Waals surface area contributed by atoms with E-state index >= 15 is 0 Å². The van der Waals surface area contributed by atoms with Crippen molar-refractivity contribution < 1.29 is 13.3 Å². The number of nitrogens with zero attached hydrogens (tertiary/aromatic N) is 2. The highest BCUT2D eigenvalue weighted by atomic mass is 28.4. The van der Waals surface area contributed by atoms with Gasteiger partial charge in [0.15, 0.2) is 0 Å². The Balaban J connectivity index is 3.17. The van der Waals surface area contributed by atoms with Crippen molar-refractivity contribution in [1.82, 2.24) is 9.78 Å². The lowest BCUT2D eigenvalue weighted by molar-refractivity contribution is 0.0979. The largest absolute Gasteiger partial charge is 0.526 e. The topological polar surface area (TPSA) is 45.5 Å². The van der Waals surface area contributed by atoms with Gasteiger partial charge in [0.1, 0.15) is 5.67 Å². The molecule has 1 aromatic rings. The van der Waals surface area contributed by atoms with Gasteiger partial charge in [-0.2, -0.15) is 5.10 Å². The second-order valence-electron chi connectivity index (χ2n) is 4.01. The highest BCUT2D eigenvalue weighted by Crippen LogP contribution is 2.27. The van der Waals surface area contributed by atoms with E-state index in [-0.39, 0.29) is 5.67 Å². The number of rotatable bonds is 6. The van der Waals surface area contributed by atoms with E-state index in [1.807, 2.05) is 24.6 Å². The fraction of sp³-hybridized carbons (Fsp3) is 0.727. The van der Waals surface area contributed by atoms with Crippen LogP contribution < -0.4 is 0 Å². The molecule has 1 unspecified atom stereocenters. The molecule has 6 heteroatoms. The maximum Gasteiger partial charge on any atom is 0.526 e. The Kier molecular flexibility index (Phi) is 4.87. The summed E-state index contributed by atoms with van der Waals surface area (Å²) in [5.74, 6) is 0. The van der Waals surface area contributed by atoms with E-state index in [2.05, 4.69) is 12.0 Å². The van der Waals surface area contributed by atoms with Crippen LogP contribution in [0.4, 0.5) is 0 Å². The number of hydrogen-bond acceptors (Lipinski definition) is 4. The monoisotopic (exact) mass is 258 g/mol. The molecule has 17 heavy (non-hydrogen) atoms. The van der Waals surface area contributed by atoms with Crippen molar-refractivity contribution in [3.63, 3.8) is 0 Å². The molecule has 1 rings (SSSR count). The van der Waals surface area contributed by atoms with Crippen LogP contribution in [0.3, 0.4) is 0 Å². The summed E-state index contributed by atoms with van der Waals surface area (Å²) in [5.41, 5.74) is 2.10. The summed E-state index contributed by atoms with van der Waals surface area (Å²) in [4.78, 5) is 0. The van der Waals surface area contributed by atoms with Crippen LogP contribution in [-0.4, -0.2) is 39.9 Å². The van der Waals surface area contributed by atoms with E-state index in [1.165, 1.54) is 0 Å².